The van der Waals surface area contributed by atoms with Crippen molar-refractivity contribution in [3.63, 3.8) is 0 Å². The normalized spacial score (nSPS) is 34.1. The molecule has 2 atom stereocenters. The summed E-state index contributed by atoms with van der Waals surface area (Å²) >= 11 is 0. The van der Waals surface area contributed by atoms with Crippen molar-refractivity contribution in [2.75, 3.05) is 5.75 Å². The van der Waals surface area contributed by atoms with Gasteiger partial charge < -0.3 is 12.3 Å². The first-order valence-corrected chi connectivity index (χ1v) is 6.78. The average molecular weight is 266 g/mol. The predicted octanol–water partition coefficient (Wildman–Crippen LogP) is 1.59. The van der Waals surface area contributed by atoms with E-state index < -0.39 is 21.3 Å². The van der Waals surface area contributed by atoms with Crippen molar-refractivity contribution in [1.29, 1.82) is 0 Å². The molecule has 7 N–H and O–H groups in total. The number of ketones is 1. The third kappa shape index (κ3) is 2.12. The third-order valence-electron chi connectivity index (χ3n) is 4.57. The van der Waals surface area contributed by atoms with Crippen LogP contribution < -0.4 is 12.3 Å². The molecule has 17 heavy (non-hydrogen) atoms. The molecule has 7 heteroatoms. The molecule has 0 radical (unpaired) electrons. The van der Waals surface area contributed by atoms with Gasteiger partial charge in [0.25, 0.3) is 10.1 Å². The second-order valence-corrected chi connectivity index (χ2v) is 6.85. The topological polar surface area (TPSA) is 141 Å². The zero-order chi connectivity index (χ0) is 11.5. The summed E-state index contributed by atoms with van der Waals surface area (Å²) in [6, 6.07) is 0. The van der Waals surface area contributed by atoms with Gasteiger partial charge in [0, 0.05) is 6.42 Å². The minimum atomic E-state index is -4.08. The van der Waals surface area contributed by atoms with Crippen molar-refractivity contribution >= 4 is 15.9 Å². The maximum atomic E-state index is 11.9. The zero-order valence-electron chi connectivity index (χ0n) is 10.4. The molecule has 6 nitrogen and oxygen atoms in total. The van der Waals surface area contributed by atoms with Gasteiger partial charge in [-0.15, -0.1) is 0 Å². The smallest absolute Gasteiger partial charge is 0.265 e. The highest BCUT2D eigenvalue weighted by Crippen LogP contribution is 2.64. The van der Waals surface area contributed by atoms with Crippen LogP contribution in [0.5, 0.6) is 0 Å². The van der Waals surface area contributed by atoms with Crippen LogP contribution in [0.1, 0.15) is 33.1 Å². The lowest BCUT2D eigenvalue weighted by Gasteiger charge is -2.35. The molecule has 2 saturated carbocycles. The largest absolute Gasteiger partial charge is 0.344 e. The Balaban J connectivity index is 0.00000128. The predicted molar refractivity (Wildman–Crippen MR) is 65.0 cm³/mol. The van der Waals surface area contributed by atoms with Crippen molar-refractivity contribution in [3.05, 3.63) is 0 Å². The third-order valence-corrected chi connectivity index (χ3v) is 5.43. The van der Waals surface area contributed by atoms with Gasteiger partial charge in [-0.05, 0) is 24.2 Å². The van der Waals surface area contributed by atoms with Gasteiger partial charge in [-0.2, -0.15) is 8.42 Å². The van der Waals surface area contributed by atoms with E-state index in [2.05, 4.69) is 0 Å². The highest BCUT2D eigenvalue weighted by molar-refractivity contribution is 7.85. The number of Topliss-reactive ketones (excluding diaryl/α,β-unsaturated/α-hetero) is 1. The second kappa shape index (κ2) is 4.31. The Morgan fingerprint density at radius 1 is 1.35 bits per heavy atom. The summed E-state index contributed by atoms with van der Waals surface area (Å²) in [6.07, 6.45) is 1.97. The molecule has 102 valence electrons. The van der Waals surface area contributed by atoms with Crippen LogP contribution in [-0.4, -0.2) is 24.5 Å². The summed E-state index contributed by atoms with van der Waals surface area (Å²) in [5, 5.41) is 0. The van der Waals surface area contributed by atoms with Crippen molar-refractivity contribution in [2.45, 2.75) is 33.1 Å². The maximum Gasteiger partial charge on any atom is 0.265 e. The molecular formula is C10H22N2O4S. The lowest BCUT2D eigenvalue weighted by molar-refractivity contribution is -0.128. The van der Waals surface area contributed by atoms with Crippen molar-refractivity contribution < 1.29 is 17.8 Å². The quantitative estimate of drug-likeness (QED) is 0.648. The van der Waals surface area contributed by atoms with E-state index in [1.54, 1.807) is 0 Å². The Kier molecular flexibility index (Phi) is 4.18. The van der Waals surface area contributed by atoms with Crippen molar-refractivity contribution in [2.24, 2.45) is 16.7 Å². The van der Waals surface area contributed by atoms with Gasteiger partial charge in [0.2, 0.25) is 0 Å². The summed E-state index contributed by atoms with van der Waals surface area (Å²) in [6.45, 7) is 3.89. The van der Waals surface area contributed by atoms with Gasteiger partial charge >= 0.3 is 0 Å². The van der Waals surface area contributed by atoms with E-state index in [1.165, 1.54) is 0 Å². The number of rotatable bonds is 2. The summed E-state index contributed by atoms with van der Waals surface area (Å²) in [4.78, 5) is 11.9. The van der Waals surface area contributed by atoms with Crippen LogP contribution in [0.3, 0.4) is 0 Å². The van der Waals surface area contributed by atoms with Crippen molar-refractivity contribution in [3.8, 4) is 0 Å². The Morgan fingerprint density at radius 2 is 1.88 bits per heavy atom. The first kappa shape index (κ1) is 16.5. The molecule has 2 aliphatic rings. The van der Waals surface area contributed by atoms with Crippen LogP contribution in [0, 0.1) is 16.7 Å². The summed E-state index contributed by atoms with van der Waals surface area (Å²) in [5.41, 5.74) is -1.12. The highest BCUT2D eigenvalue weighted by atomic mass is 32.2. The fourth-order valence-electron chi connectivity index (χ4n) is 3.42. The Labute approximate surface area is 102 Å². The average Bonchev–Trinajstić information content (AvgIpc) is 2.34. The second-order valence-electron chi connectivity index (χ2n) is 5.39. The molecule has 1 unspecified atom stereocenters. The number of hydrogen-bond donors (Lipinski definition) is 3. The summed E-state index contributed by atoms with van der Waals surface area (Å²) < 4.78 is 31.0. The standard InChI is InChI=1S/C10H16O4S.2H3N/c1-9(2)7-3-4-10(9,8(11)5-7)6-15(12,13)14;;/h7H,3-6H2,1-2H3,(H,12,13,14);2*1H3/t7?,10-;;/m0../s1. The molecule has 0 aliphatic heterocycles. The summed E-state index contributed by atoms with van der Waals surface area (Å²) in [7, 11) is -4.08. The molecule has 2 bridgehead atoms. The molecule has 0 spiro atoms. The first-order chi connectivity index (χ1) is 6.69. The van der Waals surface area contributed by atoms with Gasteiger partial charge in [0.05, 0.1) is 11.2 Å². The molecule has 0 saturated heterocycles. The van der Waals surface area contributed by atoms with Crippen molar-refractivity contribution in [1.82, 2.24) is 12.3 Å². The minimum Gasteiger partial charge on any atom is -0.344 e. The van der Waals surface area contributed by atoms with Crippen LogP contribution in [0.2, 0.25) is 0 Å². The van der Waals surface area contributed by atoms with E-state index in [9.17, 15) is 13.2 Å². The monoisotopic (exact) mass is 266 g/mol. The van der Waals surface area contributed by atoms with Gasteiger partial charge in [-0.1, -0.05) is 13.8 Å². The molecule has 2 aliphatic carbocycles. The van der Waals surface area contributed by atoms with E-state index in [0.29, 0.717) is 12.8 Å². The molecule has 2 fully saturated rings. The van der Waals surface area contributed by atoms with Crippen LogP contribution in [0.15, 0.2) is 0 Å². The van der Waals surface area contributed by atoms with Gasteiger partial charge in [0.15, 0.2) is 0 Å². The first-order valence-electron chi connectivity index (χ1n) is 5.17. The van der Waals surface area contributed by atoms with Gasteiger partial charge in [-0.3, -0.25) is 9.35 Å². The summed E-state index contributed by atoms with van der Waals surface area (Å²) in [5.74, 6) is -0.101. The van der Waals surface area contributed by atoms with E-state index in [0.717, 1.165) is 6.42 Å². The number of fused-ring (bicyclic) bond motifs is 2. The van der Waals surface area contributed by atoms with E-state index in [1.807, 2.05) is 13.8 Å². The Hall–Kier alpha value is -0.500. The van der Waals surface area contributed by atoms with Crippen LogP contribution >= 0.6 is 0 Å². The Morgan fingerprint density at radius 3 is 2.18 bits per heavy atom. The fraction of sp³-hybridized carbons (Fsp3) is 0.900. The van der Waals surface area contributed by atoms with Crippen LogP contribution in [0.4, 0.5) is 0 Å². The molecule has 0 aromatic heterocycles. The molecular weight excluding hydrogens is 244 g/mol. The van der Waals surface area contributed by atoms with E-state index in [-0.39, 0.29) is 29.4 Å². The lowest BCUT2D eigenvalue weighted by Crippen LogP contribution is -2.42. The molecule has 0 heterocycles. The van der Waals surface area contributed by atoms with Crippen LogP contribution in [-0.2, 0) is 14.9 Å². The zero-order valence-corrected chi connectivity index (χ0v) is 11.2. The number of hydrogen-bond acceptors (Lipinski definition) is 5. The fourth-order valence-corrected chi connectivity index (χ4v) is 4.72. The lowest BCUT2D eigenvalue weighted by atomic mass is 9.70. The van der Waals surface area contributed by atoms with Gasteiger partial charge in [-0.25, -0.2) is 0 Å². The number of carbonyl (C=O) groups excluding carboxylic acids is 1. The van der Waals surface area contributed by atoms with E-state index in [4.69, 9.17) is 4.55 Å². The number of carbonyl (C=O) groups is 1. The van der Waals surface area contributed by atoms with E-state index >= 15 is 0 Å². The molecule has 0 amide bonds. The maximum absolute atomic E-state index is 11.9. The van der Waals surface area contributed by atoms with Gasteiger partial charge in [0.1, 0.15) is 5.78 Å². The molecule has 0 aromatic carbocycles. The highest BCUT2D eigenvalue weighted by Gasteiger charge is 2.65. The Bertz CT molecular complexity index is 418. The van der Waals surface area contributed by atoms with Crippen LogP contribution in [0.25, 0.3) is 0 Å². The molecule has 2 rings (SSSR count). The SMILES string of the molecule is CC1(C)C2CC[C@]1(CS(=O)(=O)O)C(=O)C2.N.N. The minimum absolute atomic E-state index is 0. The molecule has 0 aromatic rings.